The maximum atomic E-state index is 10.7. The number of hydrogen-bond acceptors (Lipinski definition) is 4. The van der Waals surface area contributed by atoms with Gasteiger partial charge in [0.05, 0.1) is 6.61 Å². The standard InChI is InChI=1S/C7H15NO4/c1-4-10-6(3)8-7(9)12-11-5-2/h6H,4-5H2,1-3H3,(H,8,9). The first-order valence-electron chi connectivity index (χ1n) is 3.92. The Morgan fingerprint density at radius 2 is 2.08 bits per heavy atom. The average Bonchev–Trinajstić information content (AvgIpc) is 2.01. The van der Waals surface area contributed by atoms with Crippen molar-refractivity contribution in [2.75, 3.05) is 13.2 Å². The van der Waals surface area contributed by atoms with Gasteiger partial charge in [0.1, 0.15) is 6.23 Å². The topological polar surface area (TPSA) is 56.8 Å². The highest BCUT2D eigenvalue weighted by Gasteiger charge is 2.07. The summed E-state index contributed by atoms with van der Waals surface area (Å²) in [5, 5.41) is 2.41. The lowest BCUT2D eigenvalue weighted by Gasteiger charge is -2.12. The van der Waals surface area contributed by atoms with E-state index in [0.717, 1.165) is 0 Å². The first kappa shape index (κ1) is 11.2. The highest BCUT2D eigenvalue weighted by atomic mass is 17.2. The van der Waals surface area contributed by atoms with Crippen molar-refractivity contribution in [3.63, 3.8) is 0 Å². The van der Waals surface area contributed by atoms with Crippen LogP contribution in [0.3, 0.4) is 0 Å². The van der Waals surface area contributed by atoms with Crippen LogP contribution in [0.2, 0.25) is 0 Å². The molecule has 0 saturated heterocycles. The zero-order chi connectivity index (χ0) is 9.40. The van der Waals surface area contributed by atoms with E-state index in [2.05, 4.69) is 15.1 Å². The fourth-order valence-electron chi connectivity index (χ4n) is 0.594. The minimum Gasteiger partial charge on any atom is -0.359 e. The lowest BCUT2D eigenvalue weighted by Crippen LogP contribution is -2.35. The molecule has 0 bridgehead atoms. The van der Waals surface area contributed by atoms with E-state index in [-0.39, 0.29) is 6.23 Å². The Hall–Kier alpha value is -0.810. The molecule has 0 spiro atoms. The molecule has 1 N–H and O–H groups in total. The normalized spacial score (nSPS) is 12.2. The number of rotatable bonds is 5. The summed E-state index contributed by atoms with van der Waals surface area (Å²) in [4.78, 5) is 19.4. The minimum atomic E-state index is -0.641. The summed E-state index contributed by atoms with van der Waals surface area (Å²) in [6.45, 7) is 6.13. The molecular weight excluding hydrogens is 162 g/mol. The van der Waals surface area contributed by atoms with E-state index in [0.29, 0.717) is 13.2 Å². The van der Waals surface area contributed by atoms with Crippen LogP contribution in [0.1, 0.15) is 20.8 Å². The number of ether oxygens (including phenoxy) is 1. The fraction of sp³-hybridized carbons (Fsp3) is 0.857. The van der Waals surface area contributed by atoms with Crippen molar-refractivity contribution in [3.05, 3.63) is 0 Å². The molecule has 0 heterocycles. The van der Waals surface area contributed by atoms with Gasteiger partial charge in [0.2, 0.25) is 0 Å². The SMILES string of the molecule is CCOOC(=O)NC(C)OCC. The van der Waals surface area contributed by atoms with Gasteiger partial charge in [-0.25, -0.2) is 4.79 Å². The van der Waals surface area contributed by atoms with Crippen molar-refractivity contribution in [3.8, 4) is 0 Å². The van der Waals surface area contributed by atoms with Gasteiger partial charge in [0, 0.05) is 6.61 Å². The molecule has 1 amide bonds. The minimum absolute atomic E-state index is 0.330. The molecule has 1 atom stereocenters. The summed E-state index contributed by atoms with van der Waals surface area (Å²) in [6, 6.07) is 0. The monoisotopic (exact) mass is 177 g/mol. The summed E-state index contributed by atoms with van der Waals surface area (Å²) < 4.78 is 5.02. The highest BCUT2D eigenvalue weighted by Crippen LogP contribution is 1.87. The molecule has 0 rings (SSSR count). The van der Waals surface area contributed by atoms with Gasteiger partial charge >= 0.3 is 6.09 Å². The molecule has 0 aliphatic rings. The van der Waals surface area contributed by atoms with Crippen molar-refractivity contribution in [1.82, 2.24) is 5.32 Å². The summed E-state index contributed by atoms with van der Waals surface area (Å²) in [7, 11) is 0. The smallest absolute Gasteiger partial charge is 0.359 e. The van der Waals surface area contributed by atoms with Crippen LogP contribution in [0.5, 0.6) is 0 Å². The molecule has 0 aliphatic carbocycles. The molecular formula is C7H15NO4. The van der Waals surface area contributed by atoms with Crippen LogP contribution in [0.25, 0.3) is 0 Å². The second kappa shape index (κ2) is 6.87. The van der Waals surface area contributed by atoms with E-state index in [4.69, 9.17) is 4.74 Å². The molecule has 0 saturated carbocycles. The first-order valence-corrected chi connectivity index (χ1v) is 3.92. The Labute approximate surface area is 71.9 Å². The van der Waals surface area contributed by atoms with Crippen LogP contribution in [0, 0.1) is 0 Å². The van der Waals surface area contributed by atoms with E-state index >= 15 is 0 Å². The lowest BCUT2D eigenvalue weighted by atomic mass is 10.6. The van der Waals surface area contributed by atoms with Gasteiger partial charge in [0.25, 0.3) is 0 Å². The van der Waals surface area contributed by atoms with Crippen LogP contribution < -0.4 is 5.32 Å². The highest BCUT2D eigenvalue weighted by molar-refractivity contribution is 5.66. The Balaban J connectivity index is 3.40. The number of carbonyl (C=O) groups excluding carboxylic acids is 1. The Morgan fingerprint density at radius 3 is 2.58 bits per heavy atom. The Kier molecular flexibility index (Phi) is 6.41. The Bertz CT molecular complexity index is 129. The third-order valence-corrected chi connectivity index (χ3v) is 0.990. The molecule has 0 fully saturated rings. The summed E-state index contributed by atoms with van der Waals surface area (Å²) in [5.41, 5.74) is 0. The van der Waals surface area contributed by atoms with Gasteiger partial charge in [-0.2, -0.15) is 4.89 Å². The zero-order valence-corrected chi connectivity index (χ0v) is 7.62. The summed E-state index contributed by atoms with van der Waals surface area (Å²) in [5.74, 6) is 0. The largest absolute Gasteiger partial charge is 0.440 e. The van der Waals surface area contributed by atoms with Gasteiger partial charge in [0.15, 0.2) is 0 Å². The second-order valence-corrected chi connectivity index (χ2v) is 2.02. The van der Waals surface area contributed by atoms with Gasteiger partial charge in [-0.3, -0.25) is 10.2 Å². The molecule has 0 aromatic heterocycles. The third-order valence-electron chi connectivity index (χ3n) is 0.990. The van der Waals surface area contributed by atoms with Crippen molar-refractivity contribution >= 4 is 6.09 Å². The average molecular weight is 177 g/mol. The van der Waals surface area contributed by atoms with Crippen molar-refractivity contribution in [1.29, 1.82) is 0 Å². The first-order chi connectivity index (χ1) is 5.70. The molecule has 0 aliphatic heterocycles. The Morgan fingerprint density at radius 1 is 1.42 bits per heavy atom. The maximum absolute atomic E-state index is 10.7. The fourth-order valence-corrected chi connectivity index (χ4v) is 0.594. The zero-order valence-electron chi connectivity index (χ0n) is 7.62. The number of amides is 1. The van der Waals surface area contributed by atoms with E-state index in [1.54, 1.807) is 13.8 Å². The molecule has 1 unspecified atom stereocenters. The predicted octanol–water partition coefficient (Wildman–Crippen LogP) is 1.05. The van der Waals surface area contributed by atoms with Crippen molar-refractivity contribution < 1.29 is 19.3 Å². The van der Waals surface area contributed by atoms with Crippen LogP contribution in [-0.2, 0) is 14.5 Å². The molecule has 12 heavy (non-hydrogen) atoms. The third kappa shape index (κ3) is 5.94. The second-order valence-electron chi connectivity index (χ2n) is 2.02. The van der Waals surface area contributed by atoms with Crippen LogP contribution in [0.15, 0.2) is 0 Å². The molecule has 72 valence electrons. The summed E-state index contributed by atoms with van der Waals surface area (Å²) >= 11 is 0. The van der Waals surface area contributed by atoms with Crippen LogP contribution in [-0.4, -0.2) is 25.5 Å². The van der Waals surface area contributed by atoms with Gasteiger partial charge in [-0.1, -0.05) is 0 Å². The van der Waals surface area contributed by atoms with Crippen molar-refractivity contribution in [2.45, 2.75) is 27.0 Å². The summed E-state index contributed by atoms with van der Waals surface area (Å²) in [6.07, 6.45) is -0.999. The maximum Gasteiger partial charge on any atom is 0.440 e. The molecule has 0 radical (unpaired) electrons. The van der Waals surface area contributed by atoms with Crippen molar-refractivity contribution in [2.24, 2.45) is 0 Å². The van der Waals surface area contributed by atoms with E-state index in [9.17, 15) is 4.79 Å². The quantitative estimate of drug-likeness (QED) is 0.387. The van der Waals surface area contributed by atoms with Crippen LogP contribution >= 0.6 is 0 Å². The van der Waals surface area contributed by atoms with E-state index < -0.39 is 6.09 Å². The number of hydrogen-bond donors (Lipinski definition) is 1. The van der Waals surface area contributed by atoms with E-state index in [1.165, 1.54) is 0 Å². The molecule has 5 heteroatoms. The lowest BCUT2D eigenvalue weighted by molar-refractivity contribution is -0.236. The van der Waals surface area contributed by atoms with Gasteiger partial charge in [-0.15, -0.1) is 0 Å². The molecule has 5 nitrogen and oxygen atoms in total. The number of carbonyl (C=O) groups is 1. The predicted molar refractivity (Wildman–Crippen MR) is 42.3 cm³/mol. The van der Waals surface area contributed by atoms with Gasteiger partial charge in [-0.05, 0) is 20.8 Å². The van der Waals surface area contributed by atoms with Crippen LogP contribution in [0.4, 0.5) is 4.79 Å². The molecule has 0 aromatic rings. The van der Waals surface area contributed by atoms with Gasteiger partial charge < -0.3 is 4.74 Å². The van der Waals surface area contributed by atoms with E-state index in [1.807, 2.05) is 6.92 Å². The molecule has 0 aromatic carbocycles. The number of nitrogens with one attached hydrogen (secondary N) is 1.